The highest BCUT2D eigenvalue weighted by Gasteiger charge is 2.30. The Labute approximate surface area is 339 Å². The van der Waals surface area contributed by atoms with E-state index in [0.717, 1.165) is 92.4 Å². The average molecular weight is 797 g/mol. The first-order chi connectivity index (χ1) is 27.7. The highest BCUT2D eigenvalue weighted by atomic mass is 35.5. The lowest BCUT2D eigenvalue weighted by Crippen LogP contribution is -2.36. The summed E-state index contributed by atoms with van der Waals surface area (Å²) in [4.78, 5) is 16.1. The van der Waals surface area contributed by atoms with E-state index in [1.54, 1.807) is 10.7 Å². The molecule has 3 aliphatic rings. The van der Waals surface area contributed by atoms with Crippen LogP contribution in [0.25, 0.3) is 11.3 Å². The molecule has 14 heteroatoms. The van der Waals surface area contributed by atoms with Gasteiger partial charge in [-0.3, -0.25) is 9.72 Å². The van der Waals surface area contributed by atoms with E-state index < -0.39 is 0 Å². The summed E-state index contributed by atoms with van der Waals surface area (Å²) in [7, 11) is 0. The minimum absolute atomic E-state index is 0.129. The maximum atomic E-state index is 13.8. The summed E-state index contributed by atoms with van der Waals surface area (Å²) in [5.74, 6) is 2.68. The van der Waals surface area contributed by atoms with Crippen LogP contribution in [-0.2, 0) is 14.9 Å². The number of nitrogens with zero attached hydrogens (tertiary/aromatic N) is 6. The van der Waals surface area contributed by atoms with Crippen molar-refractivity contribution in [1.29, 1.82) is 0 Å². The van der Waals surface area contributed by atoms with E-state index in [0.29, 0.717) is 48.3 Å². The summed E-state index contributed by atoms with van der Waals surface area (Å²) in [5.41, 5.74) is 4.15. The second-order valence-electron chi connectivity index (χ2n) is 16.2. The summed E-state index contributed by atoms with van der Waals surface area (Å²) >= 11 is 6.58. The summed E-state index contributed by atoms with van der Waals surface area (Å²) in [6.45, 7) is 9.96. The molecule has 2 fully saturated rings. The predicted octanol–water partition coefficient (Wildman–Crippen LogP) is 8.95. The summed E-state index contributed by atoms with van der Waals surface area (Å²) in [5, 5.41) is 20.7. The van der Waals surface area contributed by atoms with Gasteiger partial charge in [0.2, 0.25) is 5.95 Å². The summed E-state index contributed by atoms with van der Waals surface area (Å²) in [6, 6.07) is 19.0. The normalized spacial score (nSPS) is 19.9. The molecule has 0 spiro atoms. The standard InChI is InChI=1S/C43H53ClN8O5/c1-43(2,3)37-27-39(52(49-37)29-15-17-33(44)36(26-29)54-24-11-25-56-40-14-7-10-23-55-40)46-41(53)45-34-18-19-35(32-13-6-5-12-31(32)34)57-30-16-20-38-47-48-42(51(38)28-30)50-21-8-4-9-22-50/h5-6,12-13,15-17,20,26-28,34-35,40H,4,7-11,14,18-19,21-25H2,1-3H3,(H2,45,46,53). The van der Waals surface area contributed by atoms with E-state index in [1.165, 1.54) is 6.42 Å². The minimum atomic E-state index is -0.327. The lowest BCUT2D eigenvalue weighted by molar-refractivity contribution is -0.163. The number of nitrogens with one attached hydrogen (secondary N) is 2. The number of ether oxygens (including phenoxy) is 4. The van der Waals surface area contributed by atoms with Gasteiger partial charge < -0.3 is 29.2 Å². The lowest BCUT2D eigenvalue weighted by atomic mass is 9.85. The molecular formula is C43H53ClN8O5. The Morgan fingerprint density at radius 1 is 0.930 bits per heavy atom. The highest BCUT2D eigenvalue weighted by Crippen LogP contribution is 2.39. The zero-order valence-corrected chi connectivity index (χ0v) is 33.8. The predicted molar refractivity (Wildman–Crippen MR) is 220 cm³/mol. The number of pyridine rings is 1. The number of carbonyl (C=O) groups excluding carboxylic acids is 1. The largest absolute Gasteiger partial charge is 0.492 e. The number of rotatable bonds is 12. The fourth-order valence-corrected chi connectivity index (χ4v) is 7.97. The minimum Gasteiger partial charge on any atom is -0.492 e. The average Bonchev–Trinajstić information content (AvgIpc) is 3.85. The molecule has 2 saturated heterocycles. The van der Waals surface area contributed by atoms with Crippen molar-refractivity contribution < 1.29 is 23.7 Å². The first kappa shape index (κ1) is 39.0. The molecule has 13 nitrogen and oxygen atoms in total. The first-order valence-electron chi connectivity index (χ1n) is 20.4. The second-order valence-corrected chi connectivity index (χ2v) is 16.6. The van der Waals surface area contributed by atoms with E-state index in [-0.39, 0.29) is 29.9 Å². The third-order valence-corrected chi connectivity index (χ3v) is 11.2. The fraction of sp³-hybridized carbons (Fsp3) is 0.488. The zero-order chi connectivity index (χ0) is 39.4. The van der Waals surface area contributed by atoms with Crippen molar-refractivity contribution in [3.63, 3.8) is 0 Å². The van der Waals surface area contributed by atoms with Crippen LogP contribution in [-0.4, -0.2) is 69.6 Å². The molecule has 2 N–H and O–H groups in total. The molecule has 5 heterocycles. The van der Waals surface area contributed by atoms with Gasteiger partial charge in [0.1, 0.15) is 23.4 Å². The number of halogens is 1. The van der Waals surface area contributed by atoms with Crippen molar-refractivity contribution in [3.8, 4) is 17.2 Å². The molecule has 2 aliphatic heterocycles. The first-order valence-corrected chi connectivity index (χ1v) is 20.8. The topological polar surface area (TPSA) is 129 Å². The Balaban J connectivity index is 0.942. The van der Waals surface area contributed by atoms with Gasteiger partial charge in [-0.15, -0.1) is 10.2 Å². The van der Waals surface area contributed by atoms with E-state index in [2.05, 4.69) is 58.6 Å². The summed E-state index contributed by atoms with van der Waals surface area (Å²) < 4.78 is 28.0. The summed E-state index contributed by atoms with van der Waals surface area (Å²) in [6.07, 6.45) is 10.5. The van der Waals surface area contributed by atoms with Crippen LogP contribution in [0.1, 0.15) is 108 Å². The molecule has 0 radical (unpaired) electrons. The van der Waals surface area contributed by atoms with E-state index in [9.17, 15) is 4.79 Å². The molecule has 57 heavy (non-hydrogen) atoms. The van der Waals surface area contributed by atoms with Crippen molar-refractivity contribution in [1.82, 2.24) is 29.7 Å². The van der Waals surface area contributed by atoms with Gasteiger partial charge in [0.15, 0.2) is 11.9 Å². The molecule has 2 amide bonds. The number of anilines is 2. The Hall–Kier alpha value is -4.85. The molecule has 0 bridgehead atoms. The van der Waals surface area contributed by atoms with Crippen molar-refractivity contribution >= 4 is 35.0 Å². The number of carbonyl (C=O) groups is 1. The van der Waals surface area contributed by atoms with E-state index in [1.807, 2.05) is 53.1 Å². The molecule has 3 aromatic heterocycles. The van der Waals surface area contributed by atoms with Gasteiger partial charge >= 0.3 is 6.03 Å². The number of hydrogen-bond donors (Lipinski definition) is 2. The zero-order valence-electron chi connectivity index (χ0n) is 33.1. The molecule has 2 aromatic carbocycles. The Bertz CT molecular complexity index is 2150. The molecule has 302 valence electrons. The molecule has 1 aliphatic carbocycles. The lowest BCUT2D eigenvalue weighted by Gasteiger charge is -2.32. The number of hydrogen-bond acceptors (Lipinski definition) is 9. The molecular weight excluding hydrogens is 744 g/mol. The van der Waals surface area contributed by atoms with E-state index >= 15 is 0 Å². The van der Waals surface area contributed by atoms with Gasteiger partial charge in [0.05, 0.1) is 41.9 Å². The number of aromatic nitrogens is 5. The van der Waals surface area contributed by atoms with Crippen molar-refractivity contribution in [2.75, 3.05) is 43.1 Å². The monoisotopic (exact) mass is 796 g/mol. The smallest absolute Gasteiger partial charge is 0.320 e. The maximum Gasteiger partial charge on any atom is 0.320 e. The Kier molecular flexibility index (Phi) is 11.9. The third-order valence-electron chi connectivity index (χ3n) is 10.9. The van der Waals surface area contributed by atoms with Crippen molar-refractivity contribution in [3.05, 3.63) is 88.7 Å². The van der Waals surface area contributed by atoms with Crippen LogP contribution in [0.3, 0.4) is 0 Å². The van der Waals surface area contributed by atoms with Crippen molar-refractivity contribution in [2.24, 2.45) is 0 Å². The van der Waals surface area contributed by atoms with Crippen LogP contribution >= 0.6 is 11.6 Å². The Morgan fingerprint density at radius 2 is 1.77 bits per heavy atom. The Morgan fingerprint density at radius 3 is 2.58 bits per heavy atom. The molecule has 5 aromatic rings. The van der Waals surface area contributed by atoms with E-state index in [4.69, 9.17) is 35.6 Å². The van der Waals surface area contributed by atoms with Crippen LogP contribution < -0.4 is 25.0 Å². The van der Waals surface area contributed by atoms with Crippen molar-refractivity contribution in [2.45, 2.75) is 102 Å². The van der Waals surface area contributed by atoms with Gasteiger partial charge in [-0.2, -0.15) is 5.10 Å². The molecule has 8 rings (SSSR count). The maximum absolute atomic E-state index is 13.8. The van der Waals surface area contributed by atoms with Gasteiger partial charge in [0.25, 0.3) is 0 Å². The van der Waals surface area contributed by atoms with Crippen LogP contribution in [0, 0.1) is 0 Å². The highest BCUT2D eigenvalue weighted by molar-refractivity contribution is 6.32. The molecule has 0 saturated carbocycles. The SMILES string of the molecule is CC(C)(C)c1cc(NC(=O)NC2CCC(Oc3ccc4nnc(N5CCCCC5)n4c3)c3ccccc32)n(-c2ccc(Cl)c(OCCCOC3CCCCO3)c2)n1. The fourth-order valence-electron chi connectivity index (χ4n) is 7.80. The van der Waals surface area contributed by atoms with Gasteiger partial charge in [-0.25, -0.2) is 9.48 Å². The number of fused-ring (bicyclic) bond motifs is 2. The van der Waals surface area contributed by atoms with Gasteiger partial charge in [-0.05, 0) is 86.8 Å². The second kappa shape index (κ2) is 17.3. The van der Waals surface area contributed by atoms with Gasteiger partial charge in [0, 0.05) is 43.7 Å². The molecule has 3 unspecified atom stereocenters. The van der Waals surface area contributed by atoms with Crippen LogP contribution in [0.5, 0.6) is 11.5 Å². The quantitative estimate of drug-likeness (QED) is 0.119. The molecule has 3 atom stereocenters. The number of urea groups is 1. The van der Waals surface area contributed by atoms with Crippen LogP contribution in [0.15, 0.2) is 66.9 Å². The van der Waals surface area contributed by atoms with Gasteiger partial charge in [-0.1, -0.05) is 56.6 Å². The number of piperidine rings is 1. The van der Waals surface area contributed by atoms with Crippen LogP contribution in [0.2, 0.25) is 5.02 Å². The van der Waals surface area contributed by atoms with Crippen LogP contribution in [0.4, 0.5) is 16.6 Å². The number of amides is 2. The third kappa shape index (κ3) is 9.16. The number of benzene rings is 2.